The van der Waals surface area contributed by atoms with Gasteiger partial charge in [0.05, 0.1) is 10.5 Å². The maximum absolute atomic E-state index is 11.9. The second-order valence-corrected chi connectivity index (χ2v) is 7.32. The van der Waals surface area contributed by atoms with Crippen molar-refractivity contribution in [1.82, 2.24) is 14.6 Å². The Bertz CT molecular complexity index is 918. The van der Waals surface area contributed by atoms with E-state index in [2.05, 4.69) is 36.6 Å². The summed E-state index contributed by atoms with van der Waals surface area (Å²) in [6.07, 6.45) is 0.681. The first-order valence-corrected chi connectivity index (χ1v) is 9.44. The number of hydrogen-bond acceptors (Lipinski definition) is 5. The van der Waals surface area contributed by atoms with Crippen LogP contribution in [0.2, 0.25) is 0 Å². The van der Waals surface area contributed by atoms with Gasteiger partial charge in [0.2, 0.25) is 22.7 Å². The molecule has 2 heterocycles. The number of rotatable bonds is 5. The van der Waals surface area contributed by atoms with Crippen LogP contribution >= 0.6 is 27.3 Å². The maximum Gasteiger partial charge on any atom is 0.250 e. The molecular weight excluding hydrogens is 406 g/mol. The fourth-order valence-electron chi connectivity index (χ4n) is 2.23. The largest absolute Gasteiger partial charge is 0.326 e. The molecule has 1 unspecified atom stereocenters. The highest BCUT2D eigenvalue weighted by molar-refractivity contribution is 9.10. The number of amides is 2. The quantitative estimate of drug-likeness (QED) is 0.616. The zero-order valence-electron chi connectivity index (χ0n) is 13.6. The van der Waals surface area contributed by atoms with Gasteiger partial charge >= 0.3 is 0 Å². The molecule has 3 rings (SSSR count). The van der Waals surface area contributed by atoms with Crippen molar-refractivity contribution in [3.63, 3.8) is 0 Å². The van der Waals surface area contributed by atoms with Gasteiger partial charge in [-0.2, -0.15) is 4.98 Å². The molecule has 0 bridgehead atoms. The number of anilines is 2. The van der Waals surface area contributed by atoms with Crippen LogP contribution < -0.4 is 10.6 Å². The molecule has 0 spiro atoms. The third kappa shape index (κ3) is 3.88. The van der Waals surface area contributed by atoms with Gasteiger partial charge in [-0.15, -0.1) is 16.4 Å². The number of hydrogen-bond donors (Lipinski definition) is 2. The van der Waals surface area contributed by atoms with Gasteiger partial charge in [-0.1, -0.05) is 35.0 Å². The van der Waals surface area contributed by atoms with Gasteiger partial charge < -0.3 is 5.32 Å². The zero-order valence-corrected chi connectivity index (χ0v) is 16.0. The van der Waals surface area contributed by atoms with E-state index < -0.39 is 0 Å². The van der Waals surface area contributed by atoms with Crippen LogP contribution in [0.5, 0.6) is 0 Å². The molecule has 0 radical (unpaired) electrons. The average molecular weight is 422 g/mol. The fraction of sp³-hybridized carbons (Fsp3) is 0.250. The highest BCUT2D eigenvalue weighted by Crippen LogP contribution is 2.27. The number of aromatic nitrogens is 3. The second-order valence-electron chi connectivity index (χ2n) is 5.37. The minimum absolute atomic E-state index is 0.112. The van der Waals surface area contributed by atoms with Crippen molar-refractivity contribution in [2.75, 3.05) is 10.6 Å². The van der Waals surface area contributed by atoms with Crippen molar-refractivity contribution in [2.45, 2.75) is 25.1 Å². The first-order chi connectivity index (χ1) is 12.0. The van der Waals surface area contributed by atoms with E-state index in [0.29, 0.717) is 11.4 Å². The minimum Gasteiger partial charge on any atom is -0.326 e. The standard InChI is InChI=1S/C16H16BrN5O2S/c1-3-12(17)14(24)19-15-20-16-22(21-15)13(8-25-16)10-4-6-11(7-5-10)18-9(2)23/h4-8,12H,3H2,1-2H3,(H,18,23)(H,19,21,24). The molecule has 0 aliphatic carbocycles. The Morgan fingerprint density at radius 1 is 1.28 bits per heavy atom. The molecule has 0 saturated carbocycles. The molecular formula is C16H16BrN5O2S. The number of nitrogens with zero attached hydrogens (tertiary/aromatic N) is 3. The molecule has 9 heteroatoms. The van der Waals surface area contributed by atoms with Gasteiger partial charge in [0, 0.05) is 23.6 Å². The van der Waals surface area contributed by atoms with Crippen molar-refractivity contribution >= 4 is 55.7 Å². The van der Waals surface area contributed by atoms with Gasteiger partial charge in [-0.3, -0.25) is 14.9 Å². The Morgan fingerprint density at radius 2 is 2.00 bits per heavy atom. The smallest absolute Gasteiger partial charge is 0.250 e. The lowest BCUT2D eigenvalue weighted by atomic mass is 10.1. The van der Waals surface area contributed by atoms with Crippen molar-refractivity contribution in [2.24, 2.45) is 0 Å². The predicted octanol–water partition coefficient (Wildman–Crippen LogP) is 3.53. The molecule has 0 fully saturated rings. The molecule has 3 aromatic rings. The molecule has 2 aromatic heterocycles. The molecule has 0 aliphatic rings. The van der Waals surface area contributed by atoms with Crippen molar-refractivity contribution in [3.8, 4) is 11.3 Å². The van der Waals surface area contributed by atoms with Gasteiger partial charge in [-0.25, -0.2) is 4.52 Å². The minimum atomic E-state index is -0.269. The van der Waals surface area contributed by atoms with E-state index in [1.165, 1.54) is 18.3 Å². The van der Waals surface area contributed by atoms with Gasteiger partial charge in [0.15, 0.2) is 0 Å². The van der Waals surface area contributed by atoms with Crippen molar-refractivity contribution in [1.29, 1.82) is 0 Å². The molecule has 1 aromatic carbocycles. The molecule has 0 aliphatic heterocycles. The van der Waals surface area contributed by atoms with E-state index in [9.17, 15) is 9.59 Å². The Labute approximate surface area is 156 Å². The molecule has 25 heavy (non-hydrogen) atoms. The van der Waals surface area contributed by atoms with Gasteiger partial charge in [-0.05, 0) is 18.6 Å². The molecule has 2 N–H and O–H groups in total. The number of carbonyl (C=O) groups is 2. The summed E-state index contributed by atoms with van der Waals surface area (Å²) >= 11 is 4.75. The van der Waals surface area contributed by atoms with Crippen LogP contribution in [0.15, 0.2) is 29.6 Å². The highest BCUT2D eigenvalue weighted by Gasteiger charge is 2.17. The summed E-state index contributed by atoms with van der Waals surface area (Å²) in [5.41, 5.74) is 2.54. The SMILES string of the molecule is CCC(Br)C(=O)Nc1nc2scc(-c3ccc(NC(C)=O)cc3)n2n1. The fourth-order valence-corrected chi connectivity index (χ4v) is 3.18. The summed E-state index contributed by atoms with van der Waals surface area (Å²) in [6.45, 7) is 3.39. The van der Waals surface area contributed by atoms with Crippen LogP contribution in [0, 0.1) is 0 Å². The topological polar surface area (TPSA) is 88.4 Å². The average Bonchev–Trinajstić information content (AvgIpc) is 3.14. The molecule has 7 nitrogen and oxygen atoms in total. The molecule has 2 amide bonds. The second kappa shape index (κ2) is 7.32. The Hall–Kier alpha value is -2.26. The number of thiazole rings is 1. The van der Waals surface area contributed by atoms with Gasteiger partial charge in [0.1, 0.15) is 0 Å². The number of benzene rings is 1. The highest BCUT2D eigenvalue weighted by atomic mass is 79.9. The number of halogens is 1. The zero-order chi connectivity index (χ0) is 18.0. The number of fused-ring (bicyclic) bond motifs is 1. The Balaban J connectivity index is 1.85. The lowest BCUT2D eigenvalue weighted by Crippen LogP contribution is -2.22. The van der Waals surface area contributed by atoms with Crippen LogP contribution in [0.1, 0.15) is 20.3 Å². The monoisotopic (exact) mass is 421 g/mol. The lowest BCUT2D eigenvalue weighted by molar-refractivity contribution is -0.116. The van der Waals surface area contributed by atoms with Crippen LogP contribution in [0.4, 0.5) is 11.6 Å². The van der Waals surface area contributed by atoms with E-state index in [1.807, 2.05) is 36.6 Å². The van der Waals surface area contributed by atoms with E-state index in [-0.39, 0.29) is 22.6 Å². The first kappa shape index (κ1) is 17.6. The van der Waals surface area contributed by atoms with E-state index in [0.717, 1.165) is 16.9 Å². The summed E-state index contributed by atoms with van der Waals surface area (Å²) in [6, 6.07) is 7.46. The van der Waals surface area contributed by atoms with Gasteiger partial charge in [0.25, 0.3) is 0 Å². The van der Waals surface area contributed by atoms with E-state index >= 15 is 0 Å². The number of nitrogens with one attached hydrogen (secondary N) is 2. The molecule has 1 atom stereocenters. The van der Waals surface area contributed by atoms with Crippen LogP contribution in [-0.4, -0.2) is 31.2 Å². The first-order valence-electron chi connectivity index (χ1n) is 7.65. The predicted molar refractivity (Wildman–Crippen MR) is 102 cm³/mol. The maximum atomic E-state index is 11.9. The lowest BCUT2D eigenvalue weighted by Gasteiger charge is -2.05. The third-order valence-electron chi connectivity index (χ3n) is 3.46. The third-order valence-corrected chi connectivity index (χ3v) is 5.34. The molecule has 0 saturated heterocycles. The van der Waals surface area contributed by atoms with Crippen LogP contribution in [-0.2, 0) is 9.59 Å². The number of carbonyl (C=O) groups excluding carboxylic acids is 2. The molecule has 130 valence electrons. The van der Waals surface area contributed by atoms with Crippen LogP contribution in [0.3, 0.4) is 0 Å². The Kier molecular flexibility index (Phi) is 5.14. The van der Waals surface area contributed by atoms with Crippen LogP contribution in [0.25, 0.3) is 16.2 Å². The summed E-state index contributed by atoms with van der Waals surface area (Å²) in [5.74, 6) is 0.00679. The van der Waals surface area contributed by atoms with Crippen molar-refractivity contribution in [3.05, 3.63) is 29.6 Å². The van der Waals surface area contributed by atoms with E-state index in [4.69, 9.17) is 0 Å². The Morgan fingerprint density at radius 3 is 2.64 bits per heavy atom. The van der Waals surface area contributed by atoms with Crippen molar-refractivity contribution < 1.29 is 9.59 Å². The van der Waals surface area contributed by atoms with E-state index in [1.54, 1.807) is 4.52 Å². The summed E-state index contributed by atoms with van der Waals surface area (Å²) < 4.78 is 1.70. The summed E-state index contributed by atoms with van der Waals surface area (Å²) in [5, 5.41) is 11.8. The number of alkyl halides is 1. The summed E-state index contributed by atoms with van der Waals surface area (Å²) in [4.78, 5) is 27.8. The summed E-state index contributed by atoms with van der Waals surface area (Å²) in [7, 11) is 0. The normalized spacial score (nSPS) is 12.1.